The number of hydrogen-bond acceptors (Lipinski definition) is 4. The first kappa shape index (κ1) is 15.5. The maximum Gasteiger partial charge on any atom is 0.341 e. The Bertz CT molecular complexity index is 639. The van der Waals surface area contributed by atoms with Gasteiger partial charge in [0, 0.05) is 10.7 Å². The number of ether oxygens (including phenoxy) is 1. The molecule has 1 fully saturated rings. The van der Waals surface area contributed by atoms with Crippen LogP contribution in [0.1, 0.15) is 36.0 Å². The van der Waals surface area contributed by atoms with E-state index in [2.05, 4.69) is 0 Å². The molecule has 0 unspecified atom stereocenters. The smallest absolute Gasteiger partial charge is 0.341 e. The van der Waals surface area contributed by atoms with Crippen molar-refractivity contribution in [2.24, 2.45) is 0 Å². The summed E-state index contributed by atoms with van der Waals surface area (Å²) in [4.78, 5) is 11.4. The highest BCUT2D eigenvalue weighted by Gasteiger charge is 2.25. The van der Waals surface area contributed by atoms with Gasteiger partial charge in [-0.05, 0) is 37.8 Å². The number of rotatable bonds is 3. The van der Waals surface area contributed by atoms with Gasteiger partial charge in [-0.15, -0.1) is 0 Å². The summed E-state index contributed by atoms with van der Waals surface area (Å²) >= 11 is 5.61. The van der Waals surface area contributed by atoms with Gasteiger partial charge in [0.15, 0.2) is 0 Å². The van der Waals surface area contributed by atoms with E-state index in [0.29, 0.717) is 0 Å². The number of benzene rings is 1. The Balaban J connectivity index is 2.33. The molecule has 8 heteroatoms. The molecule has 0 bridgehead atoms. The van der Waals surface area contributed by atoms with Gasteiger partial charge in [-0.2, -0.15) is 0 Å². The molecule has 0 saturated heterocycles. The zero-order valence-corrected chi connectivity index (χ0v) is 12.6. The molecule has 4 nitrogen and oxygen atoms in total. The van der Waals surface area contributed by atoms with E-state index in [-0.39, 0.29) is 11.1 Å². The second-order valence-corrected chi connectivity index (χ2v) is 7.45. The standard InChI is InChI=1S/C12H11Cl2FO4S/c13-9-6-10(15)8(5-11(9)20(14,17)18)12(16)19-7-3-1-2-4-7/h5-7H,1-4H2. The van der Waals surface area contributed by atoms with Gasteiger partial charge in [-0.25, -0.2) is 17.6 Å². The Morgan fingerprint density at radius 1 is 1.30 bits per heavy atom. The number of hydrogen-bond donors (Lipinski definition) is 0. The molecule has 1 aliphatic carbocycles. The Morgan fingerprint density at radius 3 is 2.45 bits per heavy atom. The van der Waals surface area contributed by atoms with Crippen LogP contribution in [0.3, 0.4) is 0 Å². The van der Waals surface area contributed by atoms with Gasteiger partial charge in [0.05, 0.1) is 10.6 Å². The fourth-order valence-corrected chi connectivity index (χ4v) is 3.60. The van der Waals surface area contributed by atoms with Gasteiger partial charge in [0.1, 0.15) is 16.8 Å². The molecule has 20 heavy (non-hydrogen) atoms. The molecular weight excluding hydrogens is 330 g/mol. The molecule has 110 valence electrons. The van der Waals surface area contributed by atoms with Crippen molar-refractivity contribution in [3.05, 3.63) is 28.5 Å². The third kappa shape index (κ3) is 3.42. The van der Waals surface area contributed by atoms with Gasteiger partial charge < -0.3 is 4.74 Å². The van der Waals surface area contributed by atoms with Gasteiger partial charge in [0.25, 0.3) is 9.05 Å². The lowest BCUT2D eigenvalue weighted by Gasteiger charge is -2.12. The van der Waals surface area contributed by atoms with Crippen molar-refractivity contribution >= 4 is 37.3 Å². The van der Waals surface area contributed by atoms with Gasteiger partial charge in [-0.1, -0.05) is 11.6 Å². The summed E-state index contributed by atoms with van der Waals surface area (Å²) in [5.74, 6) is -1.85. The van der Waals surface area contributed by atoms with E-state index in [1.807, 2.05) is 0 Å². The number of halogens is 3. The molecule has 0 heterocycles. The van der Waals surface area contributed by atoms with Crippen LogP contribution in [0, 0.1) is 5.82 Å². The molecular formula is C12H11Cl2FO4S. The van der Waals surface area contributed by atoms with E-state index >= 15 is 0 Å². The number of esters is 1. The minimum atomic E-state index is -4.17. The lowest BCUT2D eigenvalue weighted by Crippen LogP contribution is -2.16. The van der Waals surface area contributed by atoms with Crippen LogP contribution in [0.5, 0.6) is 0 Å². The van der Waals surface area contributed by atoms with Gasteiger partial charge >= 0.3 is 5.97 Å². The van der Waals surface area contributed by atoms with E-state index in [1.165, 1.54) is 0 Å². The van der Waals surface area contributed by atoms with Crippen molar-refractivity contribution in [1.29, 1.82) is 0 Å². The highest BCUT2D eigenvalue weighted by molar-refractivity contribution is 8.13. The van der Waals surface area contributed by atoms with Crippen LogP contribution in [0.4, 0.5) is 4.39 Å². The monoisotopic (exact) mass is 340 g/mol. The van der Waals surface area contributed by atoms with Crippen molar-refractivity contribution in [3.8, 4) is 0 Å². The summed E-state index contributed by atoms with van der Waals surface area (Å²) in [5.41, 5.74) is -0.486. The molecule has 0 atom stereocenters. The molecule has 1 aliphatic rings. The first-order valence-corrected chi connectivity index (χ1v) is 8.62. The van der Waals surface area contributed by atoms with Crippen LogP contribution in [0.25, 0.3) is 0 Å². The van der Waals surface area contributed by atoms with Crippen molar-refractivity contribution in [2.75, 3.05) is 0 Å². The number of carbonyl (C=O) groups is 1. The normalized spacial score (nSPS) is 16.4. The fraction of sp³-hybridized carbons (Fsp3) is 0.417. The molecule has 0 aromatic heterocycles. The minimum absolute atomic E-state index is 0.256. The molecule has 0 aliphatic heterocycles. The molecule has 1 aromatic carbocycles. The van der Waals surface area contributed by atoms with E-state index in [0.717, 1.165) is 37.8 Å². The number of carbonyl (C=O) groups excluding carboxylic acids is 1. The SMILES string of the molecule is O=C(OC1CCCC1)c1cc(S(=O)(=O)Cl)c(Cl)cc1F. The fourth-order valence-electron chi connectivity index (χ4n) is 2.09. The lowest BCUT2D eigenvalue weighted by molar-refractivity contribution is 0.0312. The van der Waals surface area contributed by atoms with Gasteiger partial charge in [0.2, 0.25) is 0 Å². The third-order valence-corrected chi connectivity index (χ3v) is 4.87. The summed E-state index contributed by atoms with van der Waals surface area (Å²) in [5, 5.41) is -0.380. The Hall–Kier alpha value is -0.850. The van der Waals surface area contributed by atoms with Crippen molar-refractivity contribution in [2.45, 2.75) is 36.7 Å². The molecule has 1 saturated carbocycles. The summed E-state index contributed by atoms with van der Waals surface area (Å²) < 4.78 is 41.4. The van der Waals surface area contributed by atoms with E-state index in [4.69, 9.17) is 27.0 Å². The van der Waals surface area contributed by atoms with E-state index in [9.17, 15) is 17.6 Å². The van der Waals surface area contributed by atoms with Crippen LogP contribution in [0.2, 0.25) is 5.02 Å². The van der Waals surface area contributed by atoms with Crippen molar-refractivity contribution < 1.29 is 22.3 Å². The summed E-state index contributed by atoms with van der Waals surface area (Å²) in [7, 11) is 1.01. The first-order chi connectivity index (χ1) is 9.29. The molecule has 2 rings (SSSR count). The largest absolute Gasteiger partial charge is 0.459 e. The zero-order valence-electron chi connectivity index (χ0n) is 10.2. The third-order valence-electron chi connectivity index (χ3n) is 3.08. The Labute approximate surface area is 125 Å². The first-order valence-electron chi connectivity index (χ1n) is 5.93. The molecule has 0 amide bonds. The summed E-state index contributed by atoms with van der Waals surface area (Å²) in [6, 6.07) is 1.54. The van der Waals surface area contributed by atoms with E-state index < -0.39 is 31.3 Å². The Morgan fingerprint density at radius 2 is 1.90 bits per heavy atom. The quantitative estimate of drug-likeness (QED) is 0.624. The maximum absolute atomic E-state index is 13.7. The Kier molecular flexibility index (Phi) is 4.56. The second-order valence-electron chi connectivity index (χ2n) is 4.51. The van der Waals surface area contributed by atoms with Crippen molar-refractivity contribution in [3.63, 3.8) is 0 Å². The topological polar surface area (TPSA) is 60.4 Å². The van der Waals surface area contributed by atoms with Gasteiger partial charge in [-0.3, -0.25) is 0 Å². The molecule has 1 aromatic rings. The van der Waals surface area contributed by atoms with Crippen LogP contribution in [-0.2, 0) is 13.8 Å². The van der Waals surface area contributed by atoms with E-state index in [1.54, 1.807) is 0 Å². The lowest BCUT2D eigenvalue weighted by atomic mass is 10.2. The second kappa shape index (κ2) is 5.87. The van der Waals surface area contributed by atoms with Crippen LogP contribution >= 0.6 is 22.3 Å². The van der Waals surface area contributed by atoms with Crippen LogP contribution < -0.4 is 0 Å². The summed E-state index contributed by atoms with van der Waals surface area (Å²) in [6.07, 6.45) is 3.09. The molecule has 0 spiro atoms. The predicted octanol–water partition coefficient (Wildman–Crippen LogP) is 3.51. The predicted molar refractivity (Wildman–Crippen MR) is 72.1 cm³/mol. The van der Waals surface area contributed by atoms with Crippen molar-refractivity contribution in [1.82, 2.24) is 0 Å². The molecule has 0 radical (unpaired) electrons. The average Bonchev–Trinajstić information content (AvgIpc) is 2.79. The zero-order chi connectivity index (χ0) is 14.9. The summed E-state index contributed by atoms with van der Waals surface area (Å²) in [6.45, 7) is 0. The van der Waals surface area contributed by atoms with Crippen LogP contribution in [0.15, 0.2) is 17.0 Å². The maximum atomic E-state index is 13.7. The highest BCUT2D eigenvalue weighted by atomic mass is 35.7. The molecule has 0 N–H and O–H groups in total. The van der Waals surface area contributed by atoms with Crippen LogP contribution in [-0.4, -0.2) is 20.5 Å². The highest BCUT2D eigenvalue weighted by Crippen LogP contribution is 2.29. The average molecular weight is 341 g/mol. The minimum Gasteiger partial charge on any atom is -0.459 e.